The maximum atomic E-state index is 11.9. The standard InChI is InChI=1S/C11H10N6O2/c1-17(11(19)9-7-13-3-5-15-9)16-10(18)8-6-12-2-4-14-8/h2-7H,1H3,(H,16,18). The SMILES string of the molecule is CN(NC(=O)c1cnccn1)C(=O)c1cnccn1. The molecule has 0 saturated carbocycles. The zero-order chi connectivity index (χ0) is 13.7. The first-order valence-corrected chi connectivity index (χ1v) is 5.29. The third-order valence-electron chi connectivity index (χ3n) is 2.15. The van der Waals surface area contributed by atoms with E-state index in [9.17, 15) is 9.59 Å². The van der Waals surface area contributed by atoms with E-state index in [-0.39, 0.29) is 11.4 Å². The van der Waals surface area contributed by atoms with Crippen LogP contribution in [-0.2, 0) is 0 Å². The van der Waals surface area contributed by atoms with Gasteiger partial charge < -0.3 is 0 Å². The van der Waals surface area contributed by atoms with E-state index in [4.69, 9.17) is 0 Å². The lowest BCUT2D eigenvalue weighted by molar-refractivity contribution is 0.0629. The number of amides is 2. The van der Waals surface area contributed by atoms with Crippen LogP contribution in [0.2, 0.25) is 0 Å². The van der Waals surface area contributed by atoms with Gasteiger partial charge in [0.25, 0.3) is 11.8 Å². The van der Waals surface area contributed by atoms with Crippen molar-refractivity contribution in [2.45, 2.75) is 0 Å². The Morgan fingerprint density at radius 3 is 2.11 bits per heavy atom. The number of carbonyl (C=O) groups is 2. The van der Waals surface area contributed by atoms with Gasteiger partial charge in [0, 0.05) is 31.8 Å². The van der Waals surface area contributed by atoms with Crippen LogP contribution in [0, 0.1) is 0 Å². The second-order valence-electron chi connectivity index (χ2n) is 3.49. The van der Waals surface area contributed by atoms with Crippen molar-refractivity contribution >= 4 is 11.8 Å². The molecular weight excluding hydrogens is 248 g/mol. The summed E-state index contributed by atoms with van der Waals surface area (Å²) in [6.45, 7) is 0. The van der Waals surface area contributed by atoms with Crippen molar-refractivity contribution in [1.82, 2.24) is 30.4 Å². The topological polar surface area (TPSA) is 101 Å². The summed E-state index contributed by atoms with van der Waals surface area (Å²) in [5, 5.41) is 1.01. The highest BCUT2D eigenvalue weighted by Crippen LogP contribution is 1.96. The van der Waals surface area contributed by atoms with Crippen LogP contribution in [0.5, 0.6) is 0 Å². The van der Waals surface area contributed by atoms with Crippen LogP contribution in [0.15, 0.2) is 37.2 Å². The van der Waals surface area contributed by atoms with Gasteiger partial charge in [-0.15, -0.1) is 0 Å². The fourth-order valence-corrected chi connectivity index (χ4v) is 1.26. The van der Waals surface area contributed by atoms with Crippen molar-refractivity contribution in [1.29, 1.82) is 0 Å². The third-order valence-corrected chi connectivity index (χ3v) is 2.15. The summed E-state index contributed by atoms with van der Waals surface area (Å²) in [5.41, 5.74) is 2.61. The summed E-state index contributed by atoms with van der Waals surface area (Å²) in [7, 11) is 1.41. The summed E-state index contributed by atoms with van der Waals surface area (Å²) >= 11 is 0. The lowest BCUT2D eigenvalue weighted by atomic mass is 10.4. The third kappa shape index (κ3) is 3.06. The molecule has 0 fully saturated rings. The second kappa shape index (κ2) is 5.63. The number of hydrogen-bond donors (Lipinski definition) is 1. The van der Waals surface area contributed by atoms with Gasteiger partial charge in [-0.05, 0) is 0 Å². The Balaban J connectivity index is 2.04. The summed E-state index contributed by atoms with van der Waals surface area (Å²) in [4.78, 5) is 38.8. The number of hydrogen-bond acceptors (Lipinski definition) is 6. The summed E-state index contributed by atoms with van der Waals surface area (Å²) in [5.74, 6) is -1.02. The first-order chi connectivity index (χ1) is 9.18. The quantitative estimate of drug-likeness (QED) is 0.741. The Bertz CT molecular complexity index is 574. The number of carbonyl (C=O) groups excluding carboxylic acids is 2. The number of hydrazine groups is 1. The molecule has 0 saturated heterocycles. The predicted molar refractivity (Wildman–Crippen MR) is 63.6 cm³/mol. The molecule has 19 heavy (non-hydrogen) atoms. The van der Waals surface area contributed by atoms with Crippen LogP contribution in [0.3, 0.4) is 0 Å². The molecule has 0 atom stereocenters. The van der Waals surface area contributed by atoms with Gasteiger partial charge in [0.05, 0.1) is 12.4 Å². The largest absolute Gasteiger partial charge is 0.292 e. The fourth-order valence-electron chi connectivity index (χ4n) is 1.26. The average molecular weight is 258 g/mol. The highest BCUT2D eigenvalue weighted by molar-refractivity contribution is 5.96. The predicted octanol–water partition coefficient (Wildman–Crippen LogP) is -0.316. The molecule has 0 aromatic carbocycles. The minimum atomic E-state index is -0.534. The first kappa shape index (κ1) is 12.6. The molecule has 1 N–H and O–H groups in total. The van der Waals surface area contributed by atoms with Gasteiger partial charge in [-0.25, -0.2) is 9.97 Å². The molecule has 0 aliphatic heterocycles. The molecule has 0 unspecified atom stereocenters. The van der Waals surface area contributed by atoms with Gasteiger partial charge in [0.1, 0.15) is 11.4 Å². The Morgan fingerprint density at radius 1 is 1.00 bits per heavy atom. The van der Waals surface area contributed by atoms with Crippen LogP contribution in [0.1, 0.15) is 21.0 Å². The molecule has 0 aliphatic carbocycles. The van der Waals surface area contributed by atoms with E-state index in [0.717, 1.165) is 5.01 Å². The van der Waals surface area contributed by atoms with Gasteiger partial charge in [-0.1, -0.05) is 0 Å². The number of nitrogens with one attached hydrogen (secondary N) is 1. The molecule has 8 nitrogen and oxygen atoms in total. The van der Waals surface area contributed by atoms with E-state index in [1.54, 1.807) is 0 Å². The van der Waals surface area contributed by atoms with Crippen molar-refractivity contribution in [3.63, 3.8) is 0 Å². The zero-order valence-electron chi connectivity index (χ0n) is 10.0. The van der Waals surface area contributed by atoms with Crippen molar-refractivity contribution in [2.75, 3.05) is 7.05 Å². The van der Waals surface area contributed by atoms with Crippen molar-refractivity contribution < 1.29 is 9.59 Å². The first-order valence-electron chi connectivity index (χ1n) is 5.29. The van der Waals surface area contributed by atoms with Crippen LogP contribution >= 0.6 is 0 Å². The van der Waals surface area contributed by atoms with Gasteiger partial charge in [0.2, 0.25) is 0 Å². The van der Waals surface area contributed by atoms with Gasteiger partial charge in [0.15, 0.2) is 0 Å². The molecule has 2 heterocycles. The number of nitrogens with zero attached hydrogens (tertiary/aromatic N) is 5. The second-order valence-corrected chi connectivity index (χ2v) is 3.49. The van der Waals surface area contributed by atoms with E-state index in [2.05, 4.69) is 25.4 Å². The van der Waals surface area contributed by atoms with E-state index < -0.39 is 11.8 Å². The minimum absolute atomic E-state index is 0.112. The molecule has 0 radical (unpaired) electrons. The molecule has 2 aromatic heterocycles. The summed E-state index contributed by atoms with van der Waals surface area (Å²) in [6.07, 6.45) is 8.30. The van der Waals surface area contributed by atoms with Crippen LogP contribution < -0.4 is 5.43 Å². The molecular formula is C11H10N6O2. The molecule has 2 aromatic rings. The van der Waals surface area contributed by atoms with E-state index in [1.807, 2.05) is 0 Å². The monoisotopic (exact) mass is 258 g/mol. The maximum absolute atomic E-state index is 11.9. The van der Waals surface area contributed by atoms with E-state index in [0.29, 0.717) is 0 Å². The van der Waals surface area contributed by atoms with Gasteiger partial charge >= 0.3 is 0 Å². The van der Waals surface area contributed by atoms with E-state index >= 15 is 0 Å². The van der Waals surface area contributed by atoms with Crippen LogP contribution in [0.25, 0.3) is 0 Å². The maximum Gasteiger partial charge on any atom is 0.292 e. The van der Waals surface area contributed by atoms with Crippen molar-refractivity contribution in [2.24, 2.45) is 0 Å². The normalized spacial score (nSPS) is 9.74. The lowest BCUT2D eigenvalue weighted by Crippen LogP contribution is -2.43. The molecule has 2 rings (SSSR count). The highest BCUT2D eigenvalue weighted by Gasteiger charge is 2.16. The Hall–Kier alpha value is -2.90. The highest BCUT2D eigenvalue weighted by atomic mass is 16.2. The Kier molecular flexibility index (Phi) is 3.72. The van der Waals surface area contributed by atoms with E-state index in [1.165, 1.54) is 44.2 Å². The lowest BCUT2D eigenvalue weighted by Gasteiger charge is -2.16. The molecule has 8 heteroatoms. The molecule has 0 aliphatic rings. The Morgan fingerprint density at radius 2 is 1.58 bits per heavy atom. The summed E-state index contributed by atoms with van der Waals surface area (Å²) in [6, 6.07) is 0. The minimum Gasteiger partial charge on any atom is -0.266 e. The van der Waals surface area contributed by atoms with Gasteiger partial charge in [-0.3, -0.25) is 30.0 Å². The average Bonchev–Trinajstić information content (AvgIpc) is 2.48. The van der Waals surface area contributed by atoms with Crippen molar-refractivity contribution in [3.05, 3.63) is 48.6 Å². The smallest absolute Gasteiger partial charge is 0.266 e. The Labute approximate surface area is 108 Å². The van der Waals surface area contributed by atoms with Gasteiger partial charge in [-0.2, -0.15) is 0 Å². The zero-order valence-corrected chi connectivity index (χ0v) is 10.0. The van der Waals surface area contributed by atoms with Crippen LogP contribution in [0.4, 0.5) is 0 Å². The summed E-state index contributed by atoms with van der Waals surface area (Å²) < 4.78 is 0. The van der Waals surface area contributed by atoms with Crippen molar-refractivity contribution in [3.8, 4) is 0 Å². The number of aromatic nitrogens is 4. The molecule has 0 bridgehead atoms. The number of rotatable bonds is 2. The fraction of sp³-hybridized carbons (Fsp3) is 0.0909. The molecule has 0 spiro atoms. The molecule has 2 amide bonds. The molecule has 96 valence electrons. The van der Waals surface area contributed by atoms with Crippen LogP contribution in [-0.4, -0.2) is 43.8 Å².